The van der Waals surface area contributed by atoms with Crippen LogP contribution in [0.2, 0.25) is 0 Å². The first-order valence-corrected chi connectivity index (χ1v) is 8.96. The van der Waals surface area contributed by atoms with E-state index in [4.69, 9.17) is 5.73 Å². The lowest BCUT2D eigenvalue weighted by molar-refractivity contribution is -0.119. The average molecular weight is 357 g/mol. The first kappa shape index (κ1) is 19.4. The van der Waals surface area contributed by atoms with Crippen LogP contribution in [-0.4, -0.2) is 32.4 Å². The molecule has 2 aromatic rings. The molecular formula is C16H21ClN2O3S. The summed E-state index contributed by atoms with van der Waals surface area (Å²) in [6, 6.07) is 13.3. The van der Waals surface area contributed by atoms with Crippen molar-refractivity contribution in [1.29, 1.82) is 0 Å². The van der Waals surface area contributed by atoms with Gasteiger partial charge in [-0.2, -0.15) is 0 Å². The van der Waals surface area contributed by atoms with Crippen LogP contribution in [-0.2, 0) is 14.6 Å². The highest BCUT2D eigenvalue weighted by Crippen LogP contribution is 2.20. The third-order valence-electron chi connectivity index (χ3n) is 3.54. The molecule has 0 saturated heterocycles. The largest absolute Gasteiger partial charge is 0.347 e. The lowest BCUT2D eigenvalue weighted by Gasteiger charge is -2.18. The molecule has 0 saturated carbocycles. The lowest BCUT2D eigenvalue weighted by atomic mass is 10.0. The Morgan fingerprint density at radius 1 is 1.17 bits per heavy atom. The van der Waals surface area contributed by atoms with Crippen molar-refractivity contribution < 1.29 is 13.2 Å². The number of carbonyl (C=O) groups excluding carboxylic acids is 1. The molecule has 126 valence electrons. The number of nitrogens with one attached hydrogen (secondary N) is 1. The molecule has 0 aliphatic carbocycles. The first-order valence-electron chi connectivity index (χ1n) is 7.13. The Bertz CT molecular complexity index is 778. The van der Waals surface area contributed by atoms with E-state index >= 15 is 0 Å². The van der Waals surface area contributed by atoms with Gasteiger partial charge in [-0.15, -0.1) is 12.4 Å². The van der Waals surface area contributed by atoms with Crippen molar-refractivity contribution in [2.24, 2.45) is 5.73 Å². The van der Waals surface area contributed by atoms with Gasteiger partial charge in [0.2, 0.25) is 5.91 Å². The van der Waals surface area contributed by atoms with Crippen LogP contribution in [0.5, 0.6) is 0 Å². The predicted octanol–water partition coefficient (Wildman–Crippen LogP) is 1.81. The molecule has 2 aromatic carbocycles. The summed E-state index contributed by atoms with van der Waals surface area (Å²) in [6.45, 7) is 1.72. The second-order valence-corrected chi connectivity index (χ2v) is 7.49. The van der Waals surface area contributed by atoms with Crippen LogP contribution in [0.1, 0.15) is 18.5 Å². The molecule has 0 aliphatic heterocycles. The van der Waals surface area contributed by atoms with Gasteiger partial charge in [-0.3, -0.25) is 4.79 Å². The molecule has 1 atom stereocenters. The van der Waals surface area contributed by atoms with Crippen LogP contribution >= 0.6 is 12.4 Å². The van der Waals surface area contributed by atoms with E-state index in [0.29, 0.717) is 0 Å². The van der Waals surface area contributed by atoms with Gasteiger partial charge in [0, 0.05) is 12.3 Å². The molecule has 1 amide bonds. The fourth-order valence-electron chi connectivity index (χ4n) is 2.24. The number of fused-ring (bicyclic) bond motifs is 1. The SMILES string of the molecule is CCS(=O)(=O)CC(=O)NC(CN)c1ccc2ccccc2c1.Cl. The number of hydrogen-bond acceptors (Lipinski definition) is 4. The molecule has 0 heterocycles. The summed E-state index contributed by atoms with van der Waals surface area (Å²) < 4.78 is 23.0. The summed E-state index contributed by atoms with van der Waals surface area (Å²) in [6.07, 6.45) is 0. The monoisotopic (exact) mass is 356 g/mol. The standard InChI is InChI=1S/C16H20N2O3S.ClH/c1-2-22(20,21)11-16(19)18-15(10-17)14-8-7-12-5-3-4-6-13(12)9-14;/h3-9,15H,2,10-11,17H2,1H3,(H,18,19);1H. The number of benzene rings is 2. The Balaban J connectivity index is 0.00000264. The average Bonchev–Trinajstić information content (AvgIpc) is 2.51. The van der Waals surface area contributed by atoms with Crippen molar-refractivity contribution in [3.05, 3.63) is 48.0 Å². The molecule has 0 aromatic heterocycles. The van der Waals surface area contributed by atoms with Gasteiger partial charge in [0.15, 0.2) is 9.84 Å². The van der Waals surface area contributed by atoms with Gasteiger partial charge in [-0.05, 0) is 22.4 Å². The van der Waals surface area contributed by atoms with E-state index in [2.05, 4.69) is 5.32 Å². The molecule has 5 nitrogen and oxygen atoms in total. The van der Waals surface area contributed by atoms with Gasteiger partial charge in [-0.1, -0.05) is 43.3 Å². The van der Waals surface area contributed by atoms with E-state index in [1.807, 2.05) is 42.5 Å². The van der Waals surface area contributed by atoms with Crippen LogP contribution in [0.25, 0.3) is 10.8 Å². The number of nitrogens with two attached hydrogens (primary N) is 1. The molecule has 0 radical (unpaired) electrons. The summed E-state index contributed by atoms with van der Waals surface area (Å²) in [4.78, 5) is 11.9. The third-order valence-corrected chi connectivity index (χ3v) is 5.12. The Kier molecular flexibility index (Phi) is 7.00. The molecule has 3 N–H and O–H groups in total. The predicted molar refractivity (Wildman–Crippen MR) is 95.5 cm³/mol. The highest BCUT2D eigenvalue weighted by molar-refractivity contribution is 7.92. The van der Waals surface area contributed by atoms with Gasteiger partial charge < -0.3 is 11.1 Å². The number of hydrogen-bond donors (Lipinski definition) is 2. The number of amides is 1. The third kappa shape index (κ3) is 5.20. The van der Waals surface area contributed by atoms with E-state index in [-0.39, 0.29) is 24.7 Å². The van der Waals surface area contributed by atoms with Crippen molar-refractivity contribution in [3.8, 4) is 0 Å². The van der Waals surface area contributed by atoms with Crippen LogP contribution in [0.4, 0.5) is 0 Å². The van der Waals surface area contributed by atoms with Crippen LogP contribution in [0.3, 0.4) is 0 Å². The minimum absolute atomic E-state index is 0. The number of carbonyl (C=O) groups is 1. The van der Waals surface area contributed by atoms with Crippen molar-refractivity contribution >= 4 is 38.9 Å². The van der Waals surface area contributed by atoms with E-state index in [1.54, 1.807) is 0 Å². The minimum Gasteiger partial charge on any atom is -0.347 e. The lowest BCUT2D eigenvalue weighted by Crippen LogP contribution is -2.37. The minimum atomic E-state index is -3.34. The summed E-state index contributed by atoms with van der Waals surface area (Å²) in [5.74, 6) is -1.08. The van der Waals surface area contributed by atoms with Gasteiger partial charge >= 0.3 is 0 Å². The maximum atomic E-state index is 11.9. The summed E-state index contributed by atoms with van der Waals surface area (Å²) in [5.41, 5.74) is 6.59. The van der Waals surface area contributed by atoms with Crippen molar-refractivity contribution in [1.82, 2.24) is 5.32 Å². The molecular weight excluding hydrogens is 336 g/mol. The first-order chi connectivity index (χ1) is 10.4. The topological polar surface area (TPSA) is 89.3 Å². The Morgan fingerprint density at radius 3 is 2.43 bits per heavy atom. The van der Waals surface area contributed by atoms with Crippen molar-refractivity contribution in [3.63, 3.8) is 0 Å². The van der Waals surface area contributed by atoms with E-state index in [1.165, 1.54) is 6.92 Å². The van der Waals surface area contributed by atoms with Crippen LogP contribution in [0, 0.1) is 0 Å². The van der Waals surface area contributed by atoms with Crippen LogP contribution < -0.4 is 11.1 Å². The second kappa shape index (κ2) is 8.29. The normalized spacial score (nSPS) is 12.4. The highest BCUT2D eigenvalue weighted by Gasteiger charge is 2.18. The zero-order valence-electron chi connectivity index (χ0n) is 12.9. The van der Waals surface area contributed by atoms with Gasteiger partial charge in [0.25, 0.3) is 0 Å². The molecule has 23 heavy (non-hydrogen) atoms. The number of halogens is 1. The zero-order valence-corrected chi connectivity index (χ0v) is 14.5. The Morgan fingerprint density at radius 2 is 1.83 bits per heavy atom. The Hall–Kier alpha value is -1.63. The van der Waals surface area contributed by atoms with E-state index in [0.717, 1.165) is 16.3 Å². The summed E-state index contributed by atoms with van der Waals surface area (Å²) in [5, 5.41) is 4.84. The summed E-state index contributed by atoms with van der Waals surface area (Å²) >= 11 is 0. The number of sulfone groups is 1. The maximum absolute atomic E-state index is 11.9. The van der Waals surface area contributed by atoms with Gasteiger partial charge in [0.1, 0.15) is 5.75 Å². The highest BCUT2D eigenvalue weighted by atomic mass is 35.5. The molecule has 0 bridgehead atoms. The molecule has 2 rings (SSSR count). The van der Waals surface area contributed by atoms with Crippen LogP contribution in [0.15, 0.2) is 42.5 Å². The van der Waals surface area contributed by atoms with E-state index < -0.39 is 27.5 Å². The fraction of sp³-hybridized carbons (Fsp3) is 0.312. The quantitative estimate of drug-likeness (QED) is 0.826. The molecule has 1 unspecified atom stereocenters. The molecule has 0 spiro atoms. The maximum Gasteiger partial charge on any atom is 0.235 e. The molecule has 0 fully saturated rings. The van der Waals surface area contributed by atoms with E-state index in [9.17, 15) is 13.2 Å². The zero-order chi connectivity index (χ0) is 16.2. The van der Waals surface area contributed by atoms with Crippen molar-refractivity contribution in [2.45, 2.75) is 13.0 Å². The van der Waals surface area contributed by atoms with Gasteiger partial charge in [0.05, 0.1) is 6.04 Å². The fourth-order valence-corrected chi connectivity index (χ4v) is 2.93. The molecule has 7 heteroatoms. The van der Waals surface area contributed by atoms with Gasteiger partial charge in [-0.25, -0.2) is 8.42 Å². The molecule has 0 aliphatic rings. The van der Waals surface area contributed by atoms with Crippen molar-refractivity contribution in [2.75, 3.05) is 18.1 Å². The number of rotatable bonds is 6. The second-order valence-electron chi connectivity index (χ2n) is 5.14. The smallest absolute Gasteiger partial charge is 0.235 e. The Labute approximate surface area is 142 Å². The summed E-state index contributed by atoms with van der Waals surface area (Å²) in [7, 11) is -3.34.